The van der Waals surface area contributed by atoms with Gasteiger partial charge < -0.3 is 10.1 Å². The highest BCUT2D eigenvalue weighted by Crippen LogP contribution is 2.39. The third-order valence-corrected chi connectivity index (χ3v) is 5.46. The number of amides is 1. The molecule has 1 amide bonds. The van der Waals surface area contributed by atoms with Crippen molar-refractivity contribution >= 4 is 22.2 Å². The molecule has 1 N–H and O–H groups in total. The Morgan fingerprint density at radius 3 is 2.76 bits per heavy atom. The van der Waals surface area contributed by atoms with Gasteiger partial charge in [-0.25, -0.2) is 0 Å². The average Bonchev–Trinajstić information content (AvgIpc) is 3.24. The molecule has 1 atom stereocenters. The minimum Gasteiger partial charge on any atom is -0.368 e. The Kier molecular flexibility index (Phi) is 5.52. The van der Waals surface area contributed by atoms with E-state index >= 15 is 0 Å². The molecule has 130 valence electrons. The Balaban J connectivity index is 1.88. The molecule has 25 heavy (non-hydrogen) atoms. The molecular weight excluding hydrogens is 332 g/mol. The molecule has 1 fully saturated rings. The van der Waals surface area contributed by atoms with Crippen LogP contribution in [0.2, 0.25) is 0 Å². The van der Waals surface area contributed by atoms with Gasteiger partial charge >= 0.3 is 0 Å². The van der Waals surface area contributed by atoms with Gasteiger partial charge in [0.1, 0.15) is 17.2 Å². The predicted molar refractivity (Wildman–Crippen MR) is 101 cm³/mol. The molecule has 1 saturated heterocycles. The van der Waals surface area contributed by atoms with E-state index in [1.54, 1.807) is 0 Å². The number of carbonyl (C=O) groups is 1. The van der Waals surface area contributed by atoms with Crippen molar-refractivity contribution in [1.29, 1.82) is 5.26 Å². The summed E-state index contributed by atoms with van der Waals surface area (Å²) in [6, 6.07) is 10.6. The van der Waals surface area contributed by atoms with Crippen LogP contribution >= 0.6 is 11.3 Å². The highest BCUT2D eigenvalue weighted by atomic mass is 32.1. The monoisotopic (exact) mass is 354 g/mol. The lowest BCUT2D eigenvalue weighted by Gasteiger charge is -2.09. The highest BCUT2D eigenvalue weighted by molar-refractivity contribution is 7.17. The molecule has 0 spiro atoms. The normalized spacial score (nSPS) is 16.6. The number of hydrogen-bond acceptors (Lipinski definition) is 4. The number of nitriles is 1. The van der Waals surface area contributed by atoms with Gasteiger partial charge in [0.2, 0.25) is 0 Å². The Hall–Kier alpha value is -2.16. The molecule has 0 bridgehead atoms. The third kappa shape index (κ3) is 3.76. The summed E-state index contributed by atoms with van der Waals surface area (Å²) in [6.07, 6.45) is 3.41. The summed E-state index contributed by atoms with van der Waals surface area (Å²) >= 11 is 1.45. The van der Waals surface area contributed by atoms with Gasteiger partial charge in [0, 0.05) is 17.0 Å². The molecule has 1 aromatic heterocycles. The number of thiophene rings is 1. The number of rotatable bonds is 5. The molecule has 0 radical (unpaired) electrons. The van der Waals surface area contributed by atoms with Crippen LogP contribution in [0, 0.1) is 18.3 Å². The Labute approximate surface area is 152 Å². The number of hydrogen-bond donors (Lipinski definition) is 1. The van der Waals surface area contributed by atoms with Crippen LogP contribution < -0.4 is 5.32 Å². The number of aryl methyl sites for hydroxylation is 2. The van der Waals surface area contributed by atoms with Gasteiger partial charge in [-0.1, -0.05) is 37.6 Å². The fourth-order valence-corrected chi connectivity index (χ4v) is 4.22. The number of carbonyl (C=O) groups excluding carboxylic acids is 1. The van der Waals surface area contributed by atoms with Crippen molar-refractivity contribution in [3.05, 3.63) is 40.3 Å². The van der Waals surface area contributed by atoms with E-state index in [0.29, 0.717) is 17.2 Å². The molecule has 1 aliphatic rings. The van der Waals surface area contributed by atoms with Gasteiger partial charge in [0.25, 0.3) is 5.91 Å². The van der Waals surface area contributed by atoms with Crippen LogP contribution in [0.1, 0.15) is 42.2 Å². The first-order valence-electron chi connectivity index (χ1n) is 8.69. The van der Waals surface area contributed by atoms with E-state index in [4.69, 9.17) is 4.74 Å². The Bertz CT molecular complexity index is 796. The summed E-state index contributed by atoms with van der Waals surface area (Å²) in [4.78, 5) is 13.3. The van der Waals surface area contributed by atoms with Crippen molar-refractivity contribution < 1.29 is 9.53 Å². The molecule has 3 rings (SSSR count). The van der Waals surface area contributed by atoms with Crippen LogP contribution in [0.25, 0.3) is 11.1 Å². The van der Waals surface area contributed by atoms with Crippen molar-refractivity contribution in [2.45, 2.75) is 45.6 Å². The average molecular weight is 354 g/mol. The van der Waals surface area contributed by atoms with E-state index in [1.807, 2.05) is 6.92 Å². The Morgan fingerprint density at radius 2 is 2.16 bits per heavy atom. The highest BCUT2D eigenvalue weighted by Gasteiger charge is 2.26. The van der Waals surface area contributed by atoms with Gasteiger partial charge in [-0.3, -0.25) is 4.79 Å². The lowest BCUT2D eigenvalue weighted by atomic mass is 9.99. The second-order valence-corrected chi connectivity index (χ2v) is 7.51. The van der Waals surface area contributed by atoms with Crippen molar-refractivity contribution in [3.63, 3.8) is 0 Å². The third-order valence-electron chi connectivity index (χ3n) is 4.44. The summed E-state index contributed by atoms with van der Waals surface area (Å²) in [5, 5.41) is 13.2. The largest absolute Gasteiger partial charge is 0.368 e. The van der Waals surface area contributed by atoms with Crippen LogP contribution in [0.3, 0.4) is 0 Å². The maximum absolute atomic E-state index is 12.3. The van der Waals surface area contributed by atoms with Gasteiger partial charge in [0.05, 0.1) is 5.56 Å². The van der Waals surface area contributed by atoms with Crippen LogP contribution in [-0.4, -0.2) is 18.6 Å². The Morgan fingerprint density at radius 1 is 1.40 bits per heavy atom. The van der Waals surface area contributed by atoms with Gasteiger partial charge in [-0.15, -0.1) is 11.3 Å². The summed E-state index contributed by atoms with van der Waals surface area (Å²) in [5.74, 6) is -0.153. The number of anilines is 1. The maximum Gasteiger partial charge on any atom is 0.254 e. The molecule has 1 aliphatic heterocycles. The first-order chi connectivity index (χ1) is 12.1. The molecule has 0 aliphatic carbocycles. The van der Waals surface area contributed by atoms with Gasteiger partial charge in [-0.2, -0.15) is 5.26 Å². The molecule has 4 nitrogen and oxygen atoms in total. The SMILES string of the molecule is CCCc1ccc(-c2c(C)sc(NC(=O)C3CCCO3)c2C#N)cc1. The van der Waals surface area contributed by atoms with Crippen LogP contribution in [0.5, 0.6) is 0 Å². The van der Waals surface area contributed by atoms with Gasteiger partial charge in [-0.05, 0) is 37.3 Å². The standard InChI is InChI=1S/C20H22N2O2S/c1-3-5-14-7-9-15(10-8-14)18-13(2)25-20(16(18)12-21)22-19(23)17-6-4-11-24-17/h7-10,17H,3-6,11H2,1-2H3,(H,22,23). The van der Waals surface area contributed by atoms with Crippen LogP contribution in [-0.2, 0) is 16.0 Å². The zero-order chi connectivity index (χ0) is 17.8. The van der Waals surface area contributed by atoms with Gasteiger partial charge in [0.15, 0.2) is 0 Å². The van der Waals surface area contributed by atoms with Crippen molar-refractivity contribution in [2.75, 3.05) is 11.9 Å². The zero-order valence-corrected chi connectivity index (χ0v) is 15.4. The fourth-order valence-electron chi connectivity index (χ4n) is 3.19. The minimum atomic E-state index is -0.397. The van der Waals surface area contributed by atoms with Crippen LogP contribution in [0.4, 0.5) is 5.00 Å². The molecule has 2 aromatic rings. The summed E-state index contributed by atoms with van der Waals surface area (Å²) < 4.78 is 5.43. The lowest BCUT2D eigenvalue weighted by molar-refractivity contribution is -0.124. The molecule has 1 unspecified atom stereocenters. The molecule has 2 heterocycles. The van der Waals surface area contributed by atoms with E-state index in [9.17, 15) is 10.1 Å². The maximum atomic E-state index is 12.3. The molecular formula is C20H22N2O2S. The number of nitrogens with zero attached hydrogens (tertiary/aromatic N) is 1. The predicted octanol–water partition coefficient (Wildman–Crippen LogP) is 4.67. The quantitative estimate of drug-likeness (QED) is 0.849. The van der Waals surface area contributed by atoms with E-state index in [1.165, 1.54) is 16.9 Å². The topological polar surface area (TPSA) is 62.1 Å². The molecule has 5 heteroatoms. The minimum absolute atomic E-state index is 0.153. The summed E-state index contributed by atoms with van der Waals surface area (Å²) in [7, 11) is 0. The second kappa shape index (κ2) is 7.81. The van der Waals surface area contributed by atoms with Crippen LogP contribution in [0.15, 0.2) is 24.3 Å². The second-order valence-electron chi connectivity index (χ2n) is 6.29. The molecule has 1 aromatic carbocycles. The fraction of sp³-hybridized carbons (Fsp3) is 0.400. The number of benzene rings is 1. The van der Waals surface area contributed by atoms with E-state index < -0.39 is 6.10 Å². The van der Waals surface area contributed by atoms with E-state index in [-0.39, 0.29) is 5.91 Å². The smallest absolute Gasteiger partial charge is 0.254 e. The number of ether oxygens (including phenoxy) is 1. The lowest BCUT2D eigenvalue weighted by Crippen LogP contribution is -2.26. The summed E-state index contributed by atoms with van der Waals surface area (Å²) in [5.41, 5.74) is 3.77. The first-order valence-corrected chi connectivity index (χ1v) is 9.51. The van der Waals surface area contributed by atoms with E-state index in [2.05, 4.69) is 42.6 Å². The molecule has 0 saturated carbocycles. The van der Waals surface area contributed by atoms with Crippen molar-refractivity contribution in [3.8, 4) is 17.2 Å². The van der Waals surface area contributed by atoms with Crippen molar-refractivity contribution in [2.24, 2.45) is 0 Å². The zero-order valence-electron chi connectivity index (χ0n) is 14.6. The first kappa shape index (κ1) is 17.7. The van der Waals surface area contributed by atoms with Crippen molar-refractivity contribution in [1.82, 2.24) is 0 Å². The number of nitrogens with one attached hydrogen (secondary N) is 1. The van der Waals surface area contributed by atoms with E-state index in [0.717, 1.165) is 41.7 Å². The summed E-state index contributed by atoms with van der Waals surface area (Å²) in [6.45, 7) is 4.78.